The van der Waals surface area contributed by atoms with Gasteiger partial charge in [-0.25, -0.2) is 9.48 Å². The third-order valence-corrected chi connectivity index (χ3v) is 3.90. The average molecular weight is 374 g/mol. The van der Waals surface area contributed by atoms with Crippen molar-refractivity contribution in [3.63, 3.8) is 0 Å². The van der Waals surface area contributed by atoms with E-state index in [9.17, 15) is 18.4 Å². The second-order valence-corrected chi connectivity index (χ2v) is 6.54. The Kier molecular flexibility index (Phi) is 8.47. The Labute approximate surface area is 152 Å². The van der Waals surface area contributed by atoms with Crippen molar-refractivity contribution >= 4 is 12.0 Å². The average Bonchev–Trinajstić information content (AvgIpc) is 2.80. The van der Waals surface area contributed by atoms with Crippen molar-refractivity contribution in [1.29, 1.82) is 0 Å². The summed E-state index contributed by atoms with van der Waals surface area (Å²) in [4.78, 5) is 23.8. The van der Waals surface area contributed by atoms with Crippen LogP contribution in [-0.4, -0.2) is 41.0 Å². The standard InChI is InChI=1S/C17H28F2N4O3/c1-6-26-17(25)21-13(7-10(2)3)9-20-15(24)8-14-11(4)22-23(12(14)5)16(18)19/h10,13,16H,6-9H2,1-5H3,(H,20,24)(H,21,25)/t13-/m0/s1. The topological polar surface area (TPSA) is 85.2 Å². The monoisotopic (exact) mass is 374 g/mol. The Hall–Kier alpha value is -2.19. The number of hydrogen-bond acceptors (Lipinski definition) is 4. The van der Waals surface area contributed by atoms with Crippen molar-refractivity contribution < 1.29 is 23.1 Å². The summed E-state index contributed by atoms with van der Waals surface area (Å²) >= 11 is 0. The van der Waals surface area contributed by atoms with E-state index < -0.39 is 12.6 Å². The van der Waals surface area contributed by atoms with Crippen LogP contribution in [0.3, 0.4) is 0 Å². The lowest BCUT2D eigenvalue weighted by atomic mass is 10.0. The molecule has 0 aromatic carbocycles. The summed E-state index contributed by atoms with van der Waals surface area (Å²) < 4.78 is 31.2. The van der Waals surface area contributed by atoms with Crippen molar-refractivity contribution in [3.05, 3.63) is 17.0 Å². The summed E-state index contributed by atoms with van der Waals surface area (Å²) in [6.45, 7) is 6.59. The zero-order chi connectivity index (χ0) is 19.9. The first-order chi connectivity index (χ1) is 12.1. The van der Waals surface area contributed by atoms with Crippen molar-refractivity contribution in [1.82, 2.24) is 20.4 Å². The minimum atomic E-state index is -2.74. The largest absolute Gasteiger partial charge is 0.450 e. The van der Waals surface area contributed by atoms with Crippen molar-refractivity contribution in [2.75, 3.05) is 13.2 Å². The molecule has 0 aliphatic heterocycles. The molecule has 148 valence electrons. The van der Waals surface area contributed by atoms with Crippen LogP contribution < -0.4 is 10.6 Å². The molecule has 0 saturated carbocycles. The number of alkyl halides is 2. The predicted molar refractivity (Wildman–Crippen MR) is 93.1 cm³/mol. The number of hydrogen-bond donors (Lipinski definition) is 2. The molecule has 0 aliphatic rings. The highest BCUT2D eigenvalue weighted by molar-refractivity contribution is 5.79. The molecule has 1 aromatic rings. The number of aryl methyl sites for hydroxylation is 1. The first-order valence-corrected chi connectivity index (χ1v) is 8.68. The van der Waals surface area contributed by atoms with Crippen molar-refractivity contribution in [2.45, 2.75) is 60.1 Å². The molecule has 1 aromatic heterocycles. The van der Waals surface area contributed by atoms with Gasteiger partial charge in [-0.05, 0) is 33.1 Å². The second-order valence-electron chi connectivity index (χ2n) is 6.54. The molecule has 0 spiro atoms. The van der Waals surface area contributed by atoms with Crippen LogP contribution in [0, 0.1) is 19.8 Å². The van der Waals surface area contributed by atoms with E-state index in [2.05, 4.69) is 15.7 Å². The summed E-state index contributed by atoms with van der Waals surface area (Å²) in [6, 6.07) is -0.274. The van der Waals surface area contributed by atoms with Crippen LogP contribution in [0.4, 0.5) is 13.6 Å². The maximum absolute atomic E-state index is 12.9. The van der Waals surface area contributed by atoms with Gasteiger partial charge < -0.3 is 15.4 Å². The molecule has 26 heavy (non-hydrogen) atoms. The Morgan fingerprint density at radius 2 is 1.92 bits per heavy atom. The van der Waals surface area contributed by atoms with Crippen LogP contribution in [0.25, 0.3) is 0 Å². The number of aromatic nitrogens is 2. The fraction of sp³-hybridized carbons (Fsp3) is 0.706. The molecule has 1 rings (SSSR count). The van der Waals surface area contributed by atoms with Crippen LogP contribution in [0.1, 0.15) is 50.7 Å². The first-order valence-electron chi connectivity index (χ1n) is 8.68. The highest BCUT2D eigenvalue weighted by Gasteiger charge is 2.20. The van der Waals surface area contributed by atoms with Gasteiger partial charge in [0, 0.05) is 23.8 Å². The highest BCUT2D eigenvalue weighted by atomic mass is 19.3. The smallest absolute Gasteiger partial charge is 0.407 e. The number of halogens is 2. The van der Waals surface area contributed by atoms with Crippen LogP contribution in [0.5, 0.6) is 0 Å². The van der Waals surface area contributed by atoms with Gasteiger partial charge >= 0.3 is 12.6 Å². The molecule has 0 saturated heterocycles. The van der Waals surface area contributed by atoms with Gasteiger partial charge in [-0.15, -0.1) is 0 Å². The third-order valence-electron chi connectivity index (χ3n) is 3.90. The van der Waals surface area contributed by atoms with Crippen LogP contribution in [-0.2, 0) is 16.0 Å². The SMILES string of the molecule is CCOC(=O)N[C@H](CNC(=O)Cc1c(C)nn(C(F)F)c1C)CC(C)C. The quantitative estimate of drug-likeness (QED) is 0.696. The minimum Gasteiger partial charge on any atom is -0.450 e. The molecular formula is C17H28F2N4O3. The summed E-state index contributed by atoms with van der Waals surface area (Å²) in [6.07, 6.45) is 0.0934. The van der Waals surface area contributed by atoms with E-state index in [-0.39, 0.29) is 37.2 Å². The van der Waals surface area contributed by atoms with Gasteiger partial charge in [0.15, 0.2) is 0 Å². The lowest BCUT2D eigenvalue weighted by Gasteiger charge is -2.20. The normalized spacial score (nSPS) is 12.3. The zero-order valence-corrected chi connectivity index (χ0v) is 15.9. The van der Waals surface area contributed by atoms with Gasteiger partial charge in [0.2, 0.25) is 5.91 Å². The van der Waals surface area contributed by atoms with Crippen molar-refractivity contribution in [2.24, 2.45) is 5.92 Å². The van der Waals surface area contributed by atoms with E-state index >= 15 is 0 Å². The molecule has 9 heteroatoms. The number of amides is 2. The zero-order valence-electron chi connectivity index (χ0n) is 15.9. The van der Waals surface area contributed by atoms with Gasteiger partial charge in [0.1, 0.15) is 0 Å². The molecule has 0 fully saturated rings. The molecule has 0 bridgehead atoms. The fourth-order valence-corrected chi connectivity index (χ4v) is 2.70. The summed E-state index contributed by atoms with van der Waals surface area (Å²) in [5.41, 5.74) is 1.17. The fourth-order valence-electron chi connectivity index (χ4n) is 2.70. The Morgan fingerprint density at radius 1 is 1.27 bits per heavy atom. The van der Waals surface area contributed by atoms with Crippen LogP contribution >= 0.6 is 0 Å². The van der Waals surface area contributed by atoms with E-state index in [1.54, 1.807) is 13.8 Å². The molecular weight excluding hydrogens is 346 g/mol. The van der Waals surface area contributed by atoms with Gasteiger partial charge in [-0.2, -0.15) is 13.9 Å². The lowest BCUT2D eigenvalue weighted by molar-refractivity contribution is -0.120. The minimum absolute atomic E-state index is 0.0435. The summed E-state index contributed by atoms with van der Waals surface area (Å²) in [5.74, 6) is -0.00276. The Balaban J connectivity index is 2.66. The Morgan fingerprint density at radius 3 is 2.42 bits per heavy atom. The number of rotatable bonds is 9. The van der Waals surface area contributed by atoms with Crippen molar-refractivity contribution in [3.8, 4) is 0 Å². The van der Waals surface area contributed by atoms with E-state index in [0.29, 0.717) is 28.3 Å². The predicted octanol–water partition coefficient (Wildman–Crippen LogP) is 2.71. The molecule has 1 atom stereocenters. The molecule has 1 heterocycles. The van der Waals surface area contributed by atoms with E-state index in [1.807, 2.05) is 13.8 Å². The summed E-state index contributed by atoms with van der Waals surface area (Å²) in [5, 5.41) is 9.23. The number of carbonyl (C=O) groups is 2. The number of nitrogens with one attached hydrogen (secondary N) is 2. The number of ether oxygens (including phenoxy) is 1. The van der Waals surface area contributed by atoms with Gasteiger partial charge in [-0.1, -0.05) is 13.8 Å². The molecule has 7 nitrogen and oxygen atoms in total. The maximum Gasteiger partial charge on any atom is 0.407 e. The number of alkyl carbamates (subject to hydrolysis) is 1. The molecule has 0 aliphatic carbocycles. The molecule has 2 amide bonds. The van der Waals surface area contributed by atoms with Crippen LogP contribution in [0.15, 0.2) is 0 Å². The molecule has 0 radical (unpaired) electrons. The first kappa shape index (κ1) is 21.9. The van der Waals surface area contributed by atoms with Crippen LogP contribution in [0.2, 0.25) is 0 Å². The third kappa shape index (κ3) is 6.61. The van der Waals surface area contributed by atoms with Gasteiger partial charge in [0.05, 0.1) is 18.7 Å². The number of nitrogens with zero attached hydrogens (tertiary/aromatic N) is 2. The van der Waals surface area contributed by atoms with Gasteiger partial charge in [-0.3, -0.25) is 4.79 Å². The summed E-state index contributed by atoms with van der Waals surface area (Å²) in [7, 11) is 0. The lowest BCUT2D eigenvalue weighted by Crippen LogP contribution is -2.45. The maximum atomic E-state index is 12.9. The molecule has 0 unspecified atom stereocenters. The Bertz CT molecular complexity index is 617. The second kappa shape index (κ2) is 10.1. The van der Waals surface area contributed by atoms with Gasteiger partial charge in [0.25, 0.3) is 0 Å². The number of carbonyl (C=O) groups excluding carboxylic acids is 2. The van der Waals surface area contributed by atoms with E-state index in [1.165, 1.54) is 6.92 Å². The molecule has 2 N–H and O–H groups in total. The van der Waals surface area contributed by atoms with E-state index in [4.69, 9.17) is 4.74 Å². The highest BCUT2D eigenvalue weighted by Crippen LogP contribution is 2.19. The van der Waals surface area contributed by atoms with E-state index in [0.717, 1.165) is 0 Å².